The zero-order valence-electron chi connectivity index (χ0n) is 11.4. The van der Waals surface area contributed by atoms with E-state index in [1.165, 1.54) is 0 Å². The molecule has 2 rings (SSSR count). The lowest BCUT2D eigenvalue weighted by Gasteiger charge is -2.11. The van der Waals surface area contributed by atoms with E-state index in [0.717, 1.165) is 5.56 Å². The molecule has 0 saturated carbocycles. The van der Waals surface area contributed by atoms with E-state index in [2.05, 4.69) is 5.32 Å². The Bertz CT molecular complexity index is 602. The number of ether oxygens (including phenoxy) is 1. The third-order valence-corrected chi connectivity index (χ3v) is 3.28. The Balaban J connectivity index is 1.86. The van der Waals surface area contributed by atoms with Gasteiger partial charge in [-0.3, -0.25) is 4.79 Å². The van der Waals surface area contributed by atoms with E-state index in [1.54, 1.807) is 18.2 Å². The van der Waals surface area contributed by atoms with Crippen molar-refractivity contribution in [2.24, 2.45) is 0 Å². The minimum absolute atomic E-state index is 0.125. The molecule has 2 N–H and O–H groups in total. The summed E-state index contributed by atoms with van der Waals surface area (Å²) in [6, 6.07) is 14.7. The summed E-state index contributed by atoms with van der Waals surface area (Å²) in [6.07, 6.45) is 0. The molecule has 0 unspecified atom stereocenters. The van der Waals surface area contributed by atoms with Crippen LogP contribution in [0.3, 0.4) is 0 Å². The van der Waals surface area contributed by atoms with Crippen molar-refractivity contribution >= 4 is 17.5 Å². The highest BCUT2D eigenvalue weighted by atomic mass is 35.5. The number of carbonyl (C=O) groups is 1. The van der Waals surface area contributed by atoms with E-state index < -0.39 is 0 Å². The van der Waals surface area contributed by atoms with Crippen LogP contribution in [0.2, 0.25) is 5.02 Å². The quantitative estimate of drug-likeness (QED) is 0.862. The second kappa shape index (κ2) is 7.67. The van der Waals surface area contributed by atoms with Gasteiger partial charge in [-0.2, -0.15) is 0 Å². The van der Waals surface area contributed by atoms with Gasteiger partial charge < -0.3 is 15.2 Å². The maximum atomic E-state index is 11.7. The van der Waals surface area contributed by atoms with Crippen LogP contribution in [0.25, 0.3) is 0 Å². The van der Waals surface area contributed by atoms with Gasteiger partial charge in [0.1, 0.15) is 5.75 Å². The van der Waals surface area contributed by atoms with Crippen LogP contribution in [0, 0.1) is 0 Å². The Morgan fingerprint density at radius 3 is 2.62 bits per heavy atom. The van der Waals surface area contributed by atoms with Crippen molar-refractivity contribution in [2.75, 3.05) is 6.61 Å². The Hall–Kier alpha value is -2.04. The minimum Gasteiger partial charge on any atom is -0.483 e. The van der Waals surface area contributed by atoms with Gasteiger partial charge in [-0.05, 0) is 17.7 Å². The maximum absolute atomic E-state index is 11.7. The van der Waals surface area contributed by atoms with Crippen LogP contribution in [0.1, 0.15) is 11.1 Å². The molecule has 1 amide bonds. The van der Waals surface area contributed by atoms with Crippen LogP contribution >= 0.6 is 11.6 Å². The fourth-order valence-electron chi connectivity index (χ4n) is 1.82. The lowest BCUT2D eigenvalue weighted by atomic mass is 10.2. The summed E-state index contributed by atoms with van der Waals surface area (Å²) in [5.41, 5.74) is 1.50. The first-order valence-corrected chi connectivity index (χ1v) is 6.90. The molecule has 2 aromatic carbocycles. The molecule has 0 aromatic heterocycles. The first-order chi connectivity index (χ1) is 10.2. The number of benzene rings is 2. The van der Waals surface area contributed by atoms with Crippen LogP contribution < -0.4 is 10.1 Å². The first-order valence-electron chi connectivity index (χ1n) is 6.52. The Kier molecular flexibility index (Phi) is 5.60. The molecule has 0 saturated heterocycles. The highest BCUT2D eigenvalue weighted by Crippen LogP contribution is 2.26. The van der Waals surface area contributed by atoms with E-state index in [4.69, 9.17) is 16.3 Å². The molecule has 4 nitrogen and oxygen atoms in total. The van der Waals surface area contributed by atoms with Crippen molar-refractivity contribution in [1.29, 1.82) is 0 Å². The number of nitrogens with one attached hydrogen (secondary N) is 1. The van der Waals surface area contributed by atoms with Crippen LogP contribution in [0.4, 0.5) is 0 Å². The molecular weight excluding hydrogens is 290 g/mol. The Morgan fingerprint density at radius 1 is 1.14 bits per heavy atom. The average molecular weight is 306 g/mol. The molecule has 0 heterocycles. The minimum atomic E-state index is -0.235. The van der Waals surface area contributed by atoms with Gasteiger partial charge in [0.25, 0.3) is 5.91 Å². The second-order valence-corrected chi connectivity index (χ2v) is 4.83. The number of amides is 1. The maximum Gasteiger partial charge on any atom is 0.258 e. The summed E-state index contributed by atoms with van der Waals surface area (Å²) >= 11 is 5.95. The third kappa shape index (κ3) is 4.48. The summed E-state index contributed by atoms with van der Waals surface area (Å²) in [5, 5.41) is 12.4. The molecule has 0 aliphatic heterocycles. The van der Waals surface area contributed by atoms with Crippen molar-refractivity contribution in [3.05, 3.63) is 64.7 Å². The normalized spacial score (nSPS) is 10.2. The molecule has 2 aromatic rings. The summed E-state index contributed by atoms with van der Waals surface area (Å²) in [4.78, 5) is 11.7. The third-order valence-electron chi connectivity index (χ3n) is 2.93. The van der Waals surface area contributed by atoms with Crippen LogP contribution in [0.5, 0.6) is 5.75 Å². The molecule has 110 valence electrons. The number of aliphatic hydroxyl groups is 1. The molecule has 0 atom stereocenters. The van der Waals surface area contributed by atoms with Gasteiger partial charge in [0.2, 0.25) is 0 Å². The lowest BCUT2D eigenvalue weighted by Crippen LogP contribution is -2.28. The molecule has 0 aliphatic rings. The number of rotatable bonds is 6. The van der Waals surface area contributed by atoms with Gasteiger partial charge in [0, 0.05) is 17.1 Å². The van der Waals surface area contributed by atoms with Gasteiger partial charge >= 0.3 is 0 Å². The van der Waals surface area contributed by atoms with Gasteiger partial charge in [-0.15, -0.1) is 0 Å². The van der Waals surface area contributed by atoms with Crippen LogP contribution in [0.15, 0.2) is 48.5 Å². The average Bonchev–Trinajstić information content (AvgIpc) is 2.52. The number of hydrogen-bond donors (Lipinski definition) is 2. The van der Waals surface area contributed by atoms with E-state index in [-0.39, 0.29) is 19.1 Å². The largest absolute Gasteiger partial charge is 0.483 e. The lowest BCUT2D eigenvalue weighted by molar-refractivity contribution is -0.123. The number of hydrogen-bond acceptors (Lipinski definition) is 3. The predicted molar refractivity (Wildman–Crippen MR) is 81.2 cm³/mol. The second-order valence-electron chi connectivity index (χ2n) is 4.43. The van der Waals surface area contributed by atoms with E-state index >= 15 is 0 Å². The summed E-state index contributed by atoms with van der Waals surface area (Å²) < 4.78 is 5.40. The van der Waals surface area contributed by atoms with Crippen molar-refractivity contribution in [3.8, 4) is 5.75 Å². The number of halogens is 1. The molecule has 5 heteroatoms. The predicted octanol–water partition coefficient (Wildman–Crippen LogP) is 2.53. The van der Waals surface area contributed by atoms with Crippen molar-refractivity contribution in [3.63, 3.8) is 0 Å². The molecule has 0 aliphatic carbocycles. The molecular formula is C16H16ClNO3. The Labute approximate surface area is 128 Å². The highest BCUT2D eigenvalue weighted by molar-refractivity contribution is 6.31. The smallest absolute Gasteiger partial charge is 0.258 e. The fourth-order valence-corrected chi connectivity index (χ4v) is 2.04. The van der Waals surface area contributed by atoms with Crippen molar-refractivity contribution < 1.29 is 14.6 Å². The summed E-state index contributed by atoms with van der Waals surface area (Å²) in [7, 11) is 0. The van der Waals surface area contributed by atoms with E-state index in [0.29, 0.717) is 22.9 Å². The fraction of sp³-hybridized carbons (Fsp3) is 0.188. The molecule has 0 spiro atoms. The highest BCUT2D eigenvalue weighted by Gasteiger charge is 2.09. The standard InChI is InChI=1S/C16H16ClNO3/c17-14-7-4-8-15(13(14)10-19)21-11-16(20)18-9-12-5-2-1-3-6-12/h1-8,19H,9-11H2,(H,18,20). The van der Waals surface area contributed by atoms with Crippen LogP contribution in [-0.4, -0.2) is 17.6 Å². The molecule has 0 bridgehead atoms. The van der Waals surface area contributed by atoms with Crippen LogP contribution in [-0.2, 0) is 17.9 Å². The van der Waals surface area contributed by atoms with Gasteiger partial charge in [0.05, 0.1) is 6.61 Å². The zero-order valence-corrected chi connectivity index (χ0v) is 12.1. The first kappa shape index (κ1) is 15.4. The molecule has 0 radical (unpaired) electrons. The van der Waals surface area contributed by atoms with Gasteiger partial charge in [0.15, 0.2) is 6.61 Å². The van der Waals surface area contributed by atoms with Crippen molar-refractivity contribution in [1.82, 2.24) is 5.32 Å². The SMILES string of the molecule is O=C(COc1cccc(Cl)c1CO)NCc1ccccc1. The summed E-state index contributed by atoms with van der Waals surface area (Å²) in [5.74, 6) is 0.183. The van der Waals surface area contributed by atoms with Crippen molar-refractivity contribution in [2.45, 2.75) is 13.2 Å². The van der Waals surface area contributed by atoms with Gasteiger partial charge in [-0.25, -0.2) is 0 Å². The van der Waals surface area contributed by atoms with E-state index in [9.17, 15) is 9.90 Å². The number of aliphatic hydroxyl groups excluding tert-OH is 1. The van der Waals surface area contributed by atoms with Gasteiger partial charge in [-0.1, -0.05) is 48.0 Å². The zero-order chi connectivity index (χ0) is 15.1. The van der Waals surface area contributed by atoms with E-state index in [1.807, 2.05) is 30.3 Å². The Morgan fingerprint density at radius 2 is 1.90 bits per heavy atom. The number of carbonyl (C=O) groups excluding carboxylic acids is 1. The summed E-state index contributed by atoms with van der Waals surface area (Å²) in [6.45, 7) is 0.0895. The monoisotopic (exact) mass is 305 g/mol. The molecule has 0 fully saturated rings. The molecule has 21 heavy (non-hydrogen) atoms. The topological polar surface area (TPSA) is 58.6 Å².